The maximum absolute atomic E-state index is 13.0. The lowest BCUT2D eigenvalue weighted by molar-refractivity contribution is -0.129. The molecule has 0 spiro atoms. The van der Waals surface area contributed by atoms with Gasteiger partial charge in [0.25, 0.3) is 0 Å². The monoisotopic (exact) mass is 394 g/mol. The predicted molar refractivity (Wildman–Crippen MR) is 109 cm³/mol. The highest BCUT2D eigenvalue weighted by Gasteiger charge is 2.35. The van der Waals surface area contributed by atoms with Crippen molar-refractivity contribution >= 4 is 22.8 Å². The second kappa shape index (κ2) is 8.11. The van der Waals surface area contributed by atoms with Crippen molar-refractivity contribution < 1.29 is 14.0 Å². The standard InChI is InChI=1S/C22H26N4O3/c1-14(2)10-19(21-23-17-7-3-4-8-18(17)24-21)25-22(28)15-11-20(27)26(12-15)13-16-6-5-9-29-16/h3-9,14-15,19H,10-13H2,1-2H3,(H,23,24)(H,25,28)/t15-,19-/m0/s1. The molecular formula is C22H26N4O3. The summed E-state index contributed by atoms with van der Waals surface area (Å²) in [4.78, 5) is 35.0. The lowest BCUT2D eigenvalue weighted by Crippen LogP contribution is -2.36. The molecule has 0 aliphatic carbocycles. The third kappa shape index (κ3) is 4.34. The number of hydrogen-bond acceptors (Lipinski definition) is 4. The smallest absolute Gasteiger partial charge is 0.226 e. The molecule has 4 rings (SSSR count). The van der Waals surface area contributed by atoms with Crippen LogP contribution in [0.25, 0.3) is 11.0 Å². The molecule has 1 saturated heterocycles. The maximum atomic E-state index is 13.0. The van der Waals surface area contributed by atoms with E-state index in [2.05, 4.69) is 29.1 Å². The van der Waals surface area contributed by atoms with E-state index in [1.165, 1.54) is 0 Å². The normalized spacial score (nSPS) is 18.0. The van der Waals surface area contributed by atoms with Crippen LogP contribution in [-0.4, -0.2) is 33.2 Å². The SMILES string of the molecule is CC(C)C[C@H](NC(=O)[C@H]1CC(=O)N(Cc2ccco2)C1)c1nc2ccccc2[nH]1. The summed E-state index contributed by atoms with van der Waals surface area (Å²) in [5.74, 6) is 1.37. The lowest BCUT2D eigenvalue weighted by Gasteiger charge is -2.21. The number of nitrogens with one attached hydrogen (secondary N) is 2. The number of fused-ring (bicyclic) bond motifs is 1. The van der Waals surface area contributed by atoms with Crippen LogP contribution in [0.3, 0.4) is 0 Å². The zero-order valence-electron chi connectivity index (χ0n) is 16.7. The average Bonchev–Trinajstić information content (AvgIpc) is 3.41. The van der Waals surface area contributed by atoms with E-state index in [0.29, 0.717) is 19.0 Å². The molecule has 0 unspecified atom stereocenters. The first-order valence-corrected chi connectivity index (χ1v) is 10.0. The summed E-state index contributed by atoms with van der Waals surface area (Å²) < 4.78 is 5.33. The van der Waals surface area contributed by atoms with Crippen LogP contribution < -0.4 is 5.32 Å². The number of carbonyl (C=O) groups excluding carboxylic acids is 2. The number of H-pyrrole nitrogens is 1. The van der Waals surface area contributed by atoms with Gasteiger partial charge in [-0.3, -0.25) is 9.59 Å². The summed E-state index contributed by atoms with van der Waals surface area (Å²) in [5.41, 5.74) is 1.83. The third-order valence-electron chi connectivity index (χ3n) is 5.27. The van der Waals surface area contributed by atoms with E-state index in [9.17, 15) is 9.59 Å². The van der Waals surface area contributed by atoms with Crippen LogP contribution in [0.4, 0.5) is 0 Å². The molecule has 0 saturated carbocycles. The van der Waals surface area contributed by atoms with Crippen LogP contribution in [0.5, 0.6) is 0 Å². The average molecular weight is 394 g/mol. The number of para-hydroxylation sites is 2. The molecule has 2 atom stereocenters. The van der Waals surface area contributed by atoms with Gasteiger partial charge in [0.1, 0.15) is 11.6 Å². The minimum absolute atomic E-state index is 0.0225. The molecular weight excluding hydrogens is 368 g/mol. The minimum atomic E-state index is -0.364. The van der Waals surface area contributed by atoms with E-state index in [-0.39, 0.29) is 30.2 Å². The van der Waals surface area contributed by atoms with Gasteiger partial charge in [0, 0.05) is 13.0 Å². The van der Waals surface area contributed by atoms with Gasteiger partial charge in [-0.15, -0.1) is 0 Å². The molecule has 3 heterocycles. The van der Waals surface area contributed by atoms with Gasteiger partial charge in [-0.25, -0.2) is 4.98 Å². The van der Waals surface area contributed by atoms with Crippen molar-refractivity contribution in [2.45, 2.75) is 39.3 Å². The number of rotatable bonds is 7. The van der Waals surface area contributed by atoms with E-state index < -0.39 is 0 Å². The van der Waals surface area contributed by atoms with Crippen molar-refractivity contribution in [2.24, 2.45) is 11.8 Å². The van der Waals surface area contributed by atoms with Crippen molar-refractivity contribution in [2.75, 3.05) is 6.54 Å². The minimum Gasteiger partial charge on any atom is -0.467 e. The largest absolute Gasteiger partial charge is 0.467 e. The number of hydrogen-bond donors (Lipinski definition) is 2. The third-order valence-corrected chi connectivity index (χ3v) is 5.27. The fourth-order valence-electron chi connectivity index (χ4n) is 3.83. The van der Waals surface area contributed by atoms with Crippen LogP contribution in [0.15, 0.2) is 47.1 Å². The molecule has 1 aliphatic heterocycles. The summed E-state index contributed by atoms with van der Waals surface area (Å²) in [6.45, 7) is 5.03. The van der Waals surface area contributed by atoms with Gasteiger partial charge in [-0.2, -0.15) is 0 Å². The number of benzene rings is 1. The second-order valence-corrected chi connectivity index (χ2v) is 8.08. The summed E-state index contributed by atoms with van der Waals surface area (Å²) in [6.07, 6.45) is 2.58. The van der Waals surface area contributed by atoms with E-state index in [1.807, 2.05) is 30.3 Å². The number of amides is 2. The lowest BCUT2D eigenvalue weighted by atomic mass is 10.0. The first-order chi connectivity index (χ1) is 14.0. The van der Waals surface area contributed by atoms with Crippen molar-refractivity contribution in [3.05, 3.63) is 54.2 Å². The van der Waals surface area contributed by atoms with Crippen molar-refractivity contribution in [3.63, 3.8) is 0 Å². The van der Waals surface area contributed by atoms with Gasteiger partial charge in [0.2, 0.25) is 11.8 Å². The molecule has 7 heteroatoms. The van der Waals surface area contributed by atoms with Crippen LogP contribution >= 0.6 is 0 Å². The Bertz CT molecular complexity index is 960. The Balaban J connectivity index is 1.46. The van der Waals surface area contributed by atoms with Crippen molar-refractivity contribution in [1.82, 2.24) is 20.2 Å². The zero-order chi connectivity index (χ0) is 20.4. The molecule has 3 aromatic rings. The fraction of sp³-hybridized carbons (Fsp3) is 0.409. The van der Waals surface area contributed by atoms with Gasteiger partial charge >= 0.3 is 0 Å². The van der Waals surface area contributed by atoms with Crippen LogP contribution in [-0.2, 0) is 16.1 Å². The molecule has 7 nitrogen and oxygen atoms in total. The van der Waals surface area contributed by atoms with Crippen molar-refractivity contribution in [1.29, 1.82) is 0 Å². The molecule has 1 fully saturated rings. The van der Waals surface area contributed by atoms with Gasteiger partial charge in [0.15, 0.2) is 0 Å². The number of imidazole rings is 1. The Morgan fingerprint density at radius 2 is 2.14 bits per heavy atom. The van der Waals surface area contributed by atoms with Gasteiger partial charge in [-0.1, -0.05) is 26.0 Å². The summed E-state index contributed by atoms with van der Waals surface area (Å²) in [5, 5.41) is 3.13. The number of carbonyl (C=O) groups is 2. The topological polar surface area (TPSA) is 91.2 Å². The van der Waals surface area contributed by atoms with Crippen LogP contribution in [0.1, 0.15) is 44.3 Å². The number of aromatic nitrogens is 2. The van der Waals surface area contributed by atoms with E-state index in [0.717, 1.165) is 29.0 Å². The highest BCUT2D eigenvalue weighted by molar-refractivity contribution is 5.89. The highest BCUT2D eigenvalue weighted by atomic mass is 16.3. The number of furan rings is 1. The molecule has 2 aromatic heterocycles. The predicted octanol–water partition coefficient (Wildman–Crippen LogP) is 3.41. The van der Waals surface area contributed by atoms with E-state index in [1.54, 1.807) is 17.2 Å². The number of likely N-dealkylation sites (tertiary alicyclic amines) is 1. The number of aromatic amines is 1. The van der Waals surface area contributed by atoms with Gasteiger partial charge in [0.05, 0.1) is 35.8 Å². The first kappa shape index (κ1) is 19.2. The zero-order valence-corrected chi connectivity index (χ0v) is 16.7. The van der Waals surface area contributed by atoms with Crippen molar-refractivity contribution in [3.8, 4) is 0 Å². The molecule has 2 N–H and O–H groups in total. The molecule has 0 bridgehead atoms. The summed E-state index contributed by atoms with van der Waals surface area (Å²) >= 11 is 0. The van der Waals surface area contributed by atoms with Crippen LogP contribution in [0, 0.1) is 11.8 Å². The molecule has 1 aliphatic rings. The van der Waals surface area contributed by atoms with E-state index in [4.69, 9.17) is 4.42 Å². The highest BCUT2D eigenvalue weighted by Crippen LogP contribution is 2.25. The Morgan fingerprint density at radius 3 is 2.86 bits per heavy atom. The van der Waals surface area contributed by atoms with E-state index >= 15 is 0 Å². The Hall–Kier alpha value is -3.09. The van der Waals surface area contributed by atoms with Crippen LogP contribution in [0.2, 0.25) is 0 Å². The number of nitrogens with zero attached hydrogens (tertiary/aromatic N) is 2. The Morgan fingerprint density at radius 1 is 1.31 bits per heavy atom. The fourth-order valence-corrected chi connectivity index (χ4v) is 3.83. The molecule has 2 amide bonds. The summed E-state index contributed by atoms with van der Waals surface area (Å²) in [7, 11) is 0. The molecule has 29 heavy (non-hydrogen) atoms. The first-order valence-electron chi connectivity index (χ1n) is 10.0. The maximum Gasteiger partial charge on any atom is 0.226 e. The second-order valence-electron chi connectivity index (χ2n) is 8.08. The van der Waals surface area contributed by atoms with Gasteiger partial charge in [-0.05, 0) is 36.6 Å². The van der Waals surface area contributed by atoms with Gasteiger partial charge < -0.3 is 19.6 Å². The molecule has 152 valence electrons. The summed E-state index contributed by atoms with van der Waals surface area (Å²) in [6, 6.07) is 11.2. The molecule has 1 aromatic carbocycles. The Labute approximate surface area is 169 Å². The quantitative estimate of drug-likeness (QED) is 0.642. The molecule has 0 radical (unpaired) electrons. The Kier molecular flexibility index (Phi) is 5.38.